The monoisotopic (exact) mass is 150 g/mol. The van der Waals surface area contributed by atoms with Crippen LogP contribution >= 0.6 is 0 Å². The molecule has 0 atom stereocenters. The fraction of sp³-hybridized carbons (Fsp3) is 0.273. The van der Waals surface area contributed by atoms with Crippen molar-refractivity contribution in [2.45, 2.75) is 20.8 Å². The van der Waals surface area contributed by atoms with Gasteiger partial charge in [0.25, 0.3) is 0 Å². The summed E-state index contributed by atoms with van der Waals surface area (Å²) in [5.74, 6) is 2.44. The first-order chi connectivity index (χ1) is 5.15. The second-order valence-corrected chi connectivity index (χ2v) is 2.90. The summed E-state index contributed by atoms with van der Waals surface area (Å²) < 4.78 is 0. The Kier molecular flexibility index (Phi) is 4.19. The predicted molar refractivity (Wildman–Crippen MR) is 46.9 cm³/mol. The van der Waals surface area contributed by atoms with E-state index in [2.05, 4.69) is 25.0 Å². The number of benzene rings is 1. The Hall–Kier alpha value is -0.623. The molecule has 0 amide bonds. The van der Waals surface area contributed by atoms with Gasteiger partial charge in [-0.05, 0) is 6.92 Å². The summed E-state index contributed by atoms with van der Waals surface area (Å²) in [5.41, 5.74) is 4.45. The van der Waals surface area contributed by atoms with Crippen molar-refractivity contribution in [1.82, 2.24) is 0 Å². The number of hydrogen-bond donors (Lipinski definition) is 0. The van der Waals surface area contributed by atoms with Gasteiger partial charge in [0, 0.05) is 0 Å². The van der Waals surface area contributed by atoms with Gasteiger partial charge >= 0.3 is 18.9 Å². The molecule has 0 fully saturated rings. The second kappa shape index (κ2) is 4.41. The van der Waals surface area contributed by atoms with E-state index in [0.717, 1.165) is 16.7 Å². The summed E-state index contributed by atoms with van der Waals surface area (Å²) in [6, 6.07) is 4.15. The smallest absolute Gasteiger partial charge is 0.366 e. The molecule has 1 aromatic carbocycles. The van der Waals surface area contributed by atoms with E-state index in [1.54, 1.807) is 0 Å². The van der Waals surface area contributed by atoms with E-state index in [1.807, 2.05) is 13.8 Å². The van der Waals surface area contributed by atoms with Crippen molar-refractivity contribution in [3.63, 3.8) is 0 Å². The third-order valence-electron chi connectivity index (χ3n) is 1.80. The van der Waals surface area contributed by atoms with Crippen molar-refractivity contribution in [1.29, 1.82) is 0 Å². The Morgan fingerprint density at radius 2 is 1.50 bits per heavy atom. The van der Waals surface area contributed by atoms with Gasteiger partial charge in [0.2, 0.25) is 0 Å². The number of hydrogen-bond acceptors (Lipinski definition) is 0. The van der Waals surface area contributed by atoms with E-state index in [1.165, 1.54) is 5.56 Å². The summed E-state index contributed by atoms with van der Waals surface area (Å²) in [7, 11) is 0. The third kappa shape index (κ3) is 2.18. The van der Waals surface area contributed by atoms with Crippen LogP contribution in [-0.2, 0) is 0 Å². The summed E-state index contributed by atoms with van der Waals surface area (Å²) in [4.78, 5) is 0. The molecule has 1 aromatic rings. The molecule has 12 heavy (non-hydrogen) atoms. The number of aryl methyl sites for hydroxylation is 3. The molecule has 1 rings (SSSR count). The molecule has 0 bridgehead atoms. The molecule has 0 spiro atoms. The minimum atomic E-state index is 0. The van der Waals surface area contributed by atoms with Gasteiger partial charge in [-0.15, -0.1) is 16.7 Å². The topological polar surface area (TPSA) is 0 Å². The molecular weight excluding hydrogens is 139 g/mol. The molecule has 1 heteroatoms. The van der Waals surface area contributed by atoms with E-state index in [4.69, 9.17) is 6.42 Å². The van der Waals surface area contributed by atoms with E-state index in [0.29, 0.717) is 0 Å². The Morgan fingerprint density at radius 1 is 1.08 bits per heavy atom. The van der Waals surface area contributed by atoms with Crippen molar-refractivity contribution in [3.8, 4) is 5.92 Å². The second-order valence-electron chi connectivity index (χ2n) is 2.90. The van der Waals surface area contributed by atoms with Gasteiger partial charge in [0.15, 0.2) is 0 Å². The fourth-order valence-corrected chi connectivity index (χ4v) is 1.38. The van der Waals surface area contributed by atoms with E-state index in [9.17, 15) is 0 Å². The molecule has 0 heterocycles. The van der Waals surface area contributed by atoms with Gasteiger partial charge in [-0.2, -0.15) is 0 Å². The average molecular weight is 150 g/mol. The van der Waals surface area contributed by atoms with Gasteiger partial charge < -0.3 is 6.42 Å². The largest absolute Gasteiger partial charge is 1.00 e. The molecule has 0 aliphatic rings. The van der Waals surface area contributed by atoms with Crippen molar-refractivity contribution < 1.29 is 18.9 Å². The molecule has 0 aliphatic heterocycles. The normalized spacial score (nSPS) is 8.50. The van der Waals surface area contributed by atoms with E-state index >= 15 is 0 Å². The standard InChI is InChI=1S/C11H11.Li/c1-5-11-9(3)6-8(2)7-10(11)4;/h6-7H,2-4H3;/q-1;+1. The van der Waals surface area contributed by atoms with Crippen LogP contribution in [0.2, 0.25) is 0 Å². The Labute approximate surface area is 86.6 Å². The molecular formula is C11H11Li. The Balaban J connectivity index is 0.00000121. The minimum Gasteiger partial charge on any atom is -0.366 e. The minimum absolute atomic E-state index is 0. The van der Waals surface area contributed by atoms with Crippen molar-refractivity contribution in [2.24, 2.45) is 0 Å². The van der Waals surface area contributed by atoms with Crippen LogP contribution in [0.3, 0.4) is 0 Å². The van der Waals surface area contributed by atoms with Gasteiger partial charge in [-0.3, -0.25) is 5.92 Å². The molecule has 56 valence electrons. The molecule has 0 nitrogen and oxygen atoms in total. The van der Waals surface area contributed by atoms with E-state index < -0.39 is 0 Å². The van der Waals surface area contributed by atoms with Crippen LogP contribution in [0.1, 0.15) is 22.3 Å². The maximum atomic E-state index is 7.05. The molecule has 0 N–H and O–H groups in total. The molecule has 0 saturated heterocycles. The molecule has 0 radical (unpaired) electrons. The first kappa shape index (κ1) is 11.4. The maximum absolute atomic E-state index is 7.05. The van der Waals surface area contributed by atoms with Crippen LogP contribution in [-0.4, -0.2) is 0 Å². The van der Waals surface area contributed by atoms with Crippen molar-refractivity contribution in [3.05, 3.63) is 40.8 Å². The predicted octanol–water partition coefficient (Wildman–Crippen LogP) is -0.446. The molecule has 0 saturated carbocycles. The Morgan fingerprint density at radius 3 is 1.83 bits per heavy atom. The van der Waals surface area contributed by atoms with Crippen molar-refractivity contribution in [2.75, 3.05) is 0 Å². The zero-order chi connectivity index (χ0) is 8.43. The van der Waals surface area contributed by atoms with Crippen LogP contribution in [0.25, 0.3) is 0 Å². The van der Waals surface area contributed by atoms with Crippen molar-refractivity contribution >= 4 is 0 Å². The Bertz CT molecular complexity index is 295. The van der Waals surface area contributed by atoms with Crippen LogP contribution in [0.5, 0.6) is 0 Å². The van der Waals surface area contributed by atoms with Gasteiger partial charge in [-0.25, -0.2) is 0 Å². The van der Waals surface area contributed by atoms with Gasteiger partial charge in [0.05, 0.1) is 0 Å². The molecule has 0 aliphatic carbocycles. The van der Waals surface area contributed by atoms with Crippen LogP contribution in [0.4, 0.5) is 0 Å². The van der Waals surface area contributed by atoms with E-state index in [-0.39, 0.29) is 18.9 Å². The quantitative estimate of drug-likeness (QED) is 0.267. The molecule has 0 unspecified atom stereocenters. The van der Waals surface area contributed by atoms with Gasteiger partial charge in [-0.1, -0.05) is 31.5 Å². The number of rotatable bonds is 0. The zero-order valence-electron chi connectivity index (χ0n) is 8.15. The summed E-state index contributed by atoms with van der Waals surface area (Å²) >= 11 is 0. The SMILES string of the molecule is [C-]#Cc1c(C)cc(C)cc1C.[Li+]. The third-order valence-corrected chi connectivity index (χ3v) is 1.80. The van der Waals surface area contributed by atoms with Gasteiger partial charge in [0.1, 0.15) is 0 Å². The maximum Gasteiger partial charge on any atom is 1.00 e. The summed E-state index contributed by atoms with van der Waals surface area (Å²) in [6.07, 6.45) is 7.05. The first-order valence-electron chi connectivity index (χ1n) is 3.65. The zero-order valence-corrected chi connectivity index (χ0v) is 8.15. The van der Waals surface area contributed by atoms with Crippen LogP contribution in [0, 0.1) is 33.1 Å². The van der Waals surface area contributed by atoms with Crippen LogP contribution < -0.4 is 18.9 Å². The summed E-state index contributed by atoms with van der Waals surface area (Å²) in [5, 5.41) is 0. The summed E-state index contributed by atoms with van der Waals surface area (Å²) in [6.45, 7) is 6.08. The first-order valence-corrected chi connectivity index (χ1v) is 3.65. The molecule has 0 aromatic heterocycles. The fourth-order valence-electron chi connectivity index (χ4n) is 1.38. The van der Waals surface area contributed by atoms with Crippen LogP contribution in [0.15, 0.2) is 12.1 Å². The average Bonchev–Trinajstić information content (AvgIpc) is 1.85.